The Kier molecular flexibility index (Phi) is 6.45. The number of nitrogen functional groups attached to an aromatic ring is 1. The van der Waals surface area contributed by atoms with E-state index in [4.69, 9.17) is 5.73 Å². The molecule has 30 heavy (non-hydrogen) atoms. The van der Waals surface area contributed by atoms with Crippen LogP contribution in [0.4, 0.5) is 10.3 Å². The van der Waals surface area contributed by atoms with E-state index in [0.29, 0.717) is 16.7 Å². The number of aliphatic hydroxyl groups is 1. The van der Waals surface area contributed by atoms with Crippen LogP contribution in [0, 0.1) is 11.7 Å². The van der Waals surface area contributed by atoms with Crippen LogP contribution >= 0.6 is 0 Å². The Labute approximate surface area is 174 Å². The van der Waals surface area contributed by atoms with Crippen molar-refractivity contribution in [3.63, 3.8) is 0 Å². The molecule has 1 atom stereocenters. The first-order valence-electron chi connectivity index (χ1n) is 9.33. The summed E-state index contributed by atoms with van der Waals surface area (Å²) in [6.07, 6.45) is 2.84. The van der Waals surface area contributed by atoms with Crippen molar-refractivity contribution in [1.29, 1.82) is 0 Å². The zero-order valence-electron chi connectivity index (χ0n) is 16.6. The van der Waals surface area contributed by atoms with Gasteiger partial charge in [-0.15, -0.1) is 0 Å². The summed E-state index contributed by atoms with van der Waals surface area (Å²) in [5.74, 6) is -0.558. The van der Waals surface area contributed by atoms with Crippen molar-refractivity contribution >= 4 is 16.0 Å². The third-order valence-corrected chi connectivity index (χ3v) is 6.30. The van der Waals surface area contributed by atoms with Crippen molar-refractivity contribution in [1.82, 2.24) is 14.7 Å². The fourth-order valence-electron chi connectivity index (χ4n) is 2.98. The molecule has 4 N–H and O–H groups in total. The van der Waals surface area contributed by atoms with Gasteiger partial charge < -0.3 is 10.8 Å². The van der Waals surface area contributed by atoms with Crippen LogP contribution in [0.3, 0.4) is 0 Å². The molecule has 1 aromatic heterocycles. The third kappa shape index (κ3) is 4.64. The van der Waals surface area contributed by atoms with Gasteiger partial charge in [-0.2, -0.15) is 0 Å². The first kappa shape index (κ1) is 21.8. The molecule has 0 saturated heterocycles. The average Bonchev–Trinajstić information content (AvgIpc) is 2.72. The predicted octanol–water partition coefficient (Wildman–Crippen LogP) is 2.83. The van der Waals surface area contributed by atoms with Gasteiger partial charge in [-0.3, -0.25) is 0 Å². The van der Waals surface area contributed by atoms with Gasteiger partial charge >= 0.3 is 0 Å². The molecule has 0 radical (unpaired) electrons. The first-order chi connectivity index (χ1) is 14.2. The largest absolute Gasteiger partial charge is 0.395 e. The maximum Gasteiger partial charge on any atom is 0.241 e. The van der Waals surface area contributed by atoms with Crippen LogP contribution in [0.15, 0.2) is 59.8 Å². The highest BCUT2D eigenvalue weighted by Gasteiger charge is 2.25. The molecule has 0 aliphatic carbocycles. The van der Waals surface area contributed by atoms with E-state index in [0.717, 1.165) is 0 Å². The lowest BCUT2D eigenvalue weighted by Gasteiger charge is -2.21. The summed E-state index contributed by atoms with van der Waals surface area (Å²) in [5.41, 5.74) is 6.95. The summed E-state index contributed by atoms with van der Waals surface area (Å²) in [7, 11) is -3.94. The van der Waals surface area contributed by atoms with Crippen LogP contribution in [0.25, 0.3) is 22.3 Å². The Morgan fingerprint density at radius 1 is 1.07 bits per heavy atom. The zero-order valence-corrected chi connectivity index (χ0v) is 17.4. The second kappa shape index (κ2) is 8.86. The van der Waals surface area contributed by atoms with E-state index >= 15 is 0 Å². The molecule has 0 spiro atoms. The van der Waals surface area contributed by atoms with Crippen molar-refractivity contribution in [2.45, 2.75) is 24.8 Å². The molecular weight excluding hydrogens is 407 g/mol. The van der Waals surface area contributed by atoms with E-state index in [-0.39, 0.29) is 28.9 Å². The molecule has 0 aliphatic rings. The molecule has 1 heterocycles. The Hall–Kier alpha value is -2.88. The molecule has 9 heteroatoms. The van der Waals surface area contributed by atoms with E-state index in [9.17, 15) is 17.9 Å². The van der Waals surface area contributed by atoms with Gasteiger partial charge in [-0.1, -0.05) is 44.2 Å². The number of nitrogens with two attached hydrogens (primary N) is 1. The van der Waals surface area contributed by atoms with Crippen LogP contribution in [0.5, 0.6) is 0 Å². The SMILES string of the molecule is CC(C)C(CO)NS(=O)(=O)c1ccccc1-c1ccc(-c2cnc(N)nc2)c(F)c1. The molecule has 0 saturated carbocycles. The van der Waals surface area contributed by atoms with Crippen LogP contribution in [0.1, 0.15) is 13.8 Å². The lowest BCUT2D eigenvalue weighted by atomic mass is 10.0. The number of anilines is 1. The molecule has 1 unspecified atom stereocenters. The van der Waals surface area contributed by atoms with Gasteiger partial charge in [0.15, 0.2) is 0 Å². The molecule has 158 valence electrons. The minimum Gasteiger partial charge on any atom is -0.395 e. The minimum atomic E-state index is -3.94. The topological polar surface area (TPSA) is 118 Å². The minimum absolute atomic E-state index is 0.00654. The lowest BCUT2D eigenvalue weighted by Crippen LogP contribution is -2.41. The van der Waals surface area contributed by atoms with E-state index < -0.39 is 21.9 Å². The molecule has 0 aliphatic heterocycles. The highest BCUT2D eigenvalue weighted by molar-refractivity contribution is 7.89. The number of aliphatic hydroxyl groups excluding tert-OH is 1. The van der Waals surface area contributed by atoms with Gasteiger partial charge in [0.05, 0.1) is 11.5 Å². The van der Waals surface area contributed by atoms with Crippen molar-refractivity contribution in [3.05, 3.63) is 60.7 Å². The van der Waals surface area contributed by atoms with Crippen LogP contribution < -0.4 is 10.5 Å². The summed E-state index contributed by atoms with van der Waals surface area (Å²) in [4.78, 5) is 7.74. The predicted molar refractivity (Wildman–Crippen MR) is 113 cm³/mol. The van der Waals surface area contributed by atoms with Gasteiger partial charge in [0.25, 0.3) is 0 Å². The normalized spacial score (nSPS) is 12.8. The number of aromatic nitrogens is 2. The van der Waals surface area contributed by atoms with Crippen LogP contribution in [-0.2, 0) is 10.0 Å². The number of benzene rings is 2. The smallest absolute Gasteiger partial charge is 0.241 e. The van der Waals surface area contributed by atoms with Gasteiger partial charge in [0.2, 0.25) is 16.0 Å². The first-order valence-corrected chi connectivity index (χ1v) is 10.8. The fraction of sp³-hybridized carbons (Fsp3) is 0.238. The lowest BCUT2D eigenvalue weighted by molar-refractivity contribution is 0.227. The van der Waals surface area contributed by atoms with E-state index in [2.05, 4.69) is 14.7 Å². The summed E-state index contributed by atoms with van der Waals surface area (Å²) >= 11 is 0. The second-order valence-electron chi connectivity index (χ2n) is 7.18. The zero-order chi connectivity index (χ0) is 21.9. The van der Waals surface area contributed by atoms with E-state index in [1.165, 1.54) is 24.5 Å². The van der Waals surface area contributed by atoms with E-state index in [1.807, 2.05) is 13.8 Å². The Morgan fingerprint density at radius 3 is 2.33 bits per heavy atom. The molecule has 0 amide bonds. The van der Waals surface area contributed by atoms with Crippen molar-refractivity contribution in [2.75, 3.05) is 12.3 Å². The fourth-order valence-corrected chi connectivity index (χ4v) is 4.59. The van der Waals surface area contributed by atoms with Gasteiger partial charge in [-0.25, -0.2) is 27.5 Å². The van der Waals surface area contributed by atoms with Gasteiger partial charge in [-0.05, 0) is 23.6 Å². The molecule has 0 fully saturated rings. The maximum absolute atomic E-state index is 14.8. The molecule has 3 rings (SSSR count). The third-order valence-electron chi connectivity index (χ3n) is 4.75. The molecule has 3 aromatic rings. The van der Waals surface area contributed by atoms with Crippen LogP contribution in [0.2, 0.25) is 0 Å². The summed E-state index contributed by atoms with van der Waals surface area (Å²) in [6.45, 7) is 3.29. The summed E-state index contributed by atoms with van der Waals surface area (Å²) in [5, 5.41) is 9.49. The number of rotatable bonds is 7. The van der Waals surface area contributed by atoms with Crippen molar-refractivity contribution in [2.24, 2.45) is 5.92 Å². The highest BCUT2D eigenvalue weighted by atomic mass is 32.2. The number of nitrogens with zero attached hydrogens (tertiary/aromatic N) is 2. The Morgan fingerprint density at radius 2 is 1.73 bits per heavy atom. The Bertz CT molecular complexity index is 1140. The number of hydrogen-bond acceptors (Lipinski definition) is 6. The van der Waals surface area contributed by atoms with E-state index in [1.54, 1.807) is 30.3 Å². The number of halogens is 1. The van der Waals surface area contributed by atoms with Crippen molar-refractivity contribution < 1.29 is 17.9 Å². The number of nitrogens with one attached hydrogen (secondary N) is 1. The number of sulfonamides is 1. The number of hydrogen-bond donors (Lipinski definition) is 3. The quantitative estimate of drug-likeness (QED) is 0.530. The monoisotopic (exact) mass is 430 g/mol. The maximum atomic E-state index is 14.8. The Balaban J connectivity index is 2.01. The summed E-state index contributed by atoms with van der Waals surface area (Å²) in [6, 6.07) is 10.2. The molecular formula is C21H23FN4O3S. The highest BCUT2D eigenvalue weighted by Crippen LogP contribution is 2.31. The summed E-state index contributed by atoms with van der Waals surface area (Å²) < 4.78 is 43.3. The van der Waals surface area contributed by atoms with Crippen molar-refractivity contribution in [3.8, 4) is 22.3 Å². The molecule has 0 bridgehead atoms. The second-order valence-corrected chi connectivity index (χ2v) is 8.86. The van der Waals surface area contributed by atoms with Crippen LogP contribution in [-0.4, -0.2) is 36.1 Å². The average molecular weight is 431 g/mol. The molecule has 7 nitrogen and oxygen atoms in total. The standard InChI is InChI=1S/C21H23FN4O3S/c1-13(2)19(12-27)26-30(28,29)20-6-4-3-5-17(20)14-7-8-16(18(22)9-14)15-10-24-21(23)25-11-15/h3-11,13,19,26-27H,12H2,1-2H3,(H2,23,24,25). The van der Waals surface area contributed by atoms with Gasteiger partial charge in [0, 0.05) is 35.1 Å². The molecule has 2 aromatic carbocycles. The van der Waals surface area contributed by atoms with Gasteiger partial charge in [0.1, 0.15) is 5.82 Å².